The fourth-order valence-corrected chi connectivity index (χ4v) is 1.57. The number of rotatable bonds is 1. The van der Waals surface area contributed by atoms with Gasteiger partial charge in [-0.2, -0.15) is 0 Å². The molecular formula is C10H14N2. The van der Waals surface area contributed by atoms with Gasteiger partial charge in [-0.3, -0.25) is 0 Å². The molecule has 1 heterocycles. The smallest absolute Gasteiger partial charge is 0.0447 e. The Morgan fingerprint density at radius 2 is 1.92 bits per heavy atom. The van der Waals surface area contributed by atoms with E-state index in [4.69, 9.17) is 0 Å². The standard InChI is InChI=1S/C10H14N2/c1-2-4-9(5-3-1)10-8-11-6-7-12-10/h1-5,10-12H,6-8H2/t10-/m0/s1. The number of hydrogen-bond donors (Lipinski definition) is 2. The van der Waals surface area contributed by atoms with Crippen molar-refractivity contribution in [3.63, 3.8) is 0 Å². The third-order valence-corrected chi connectivity index (χ3v) is 2.24. The number of hydrogen-bond acceptors (Lipinski definition) is 2. The van der Waals surface area contributed by atoms with Crippen molar-refractivity contribution < 1.29 is 0 Å². The first-order valence-corrected chi connectivity index (χ1v) is 4.46. The van der Waals surface area contributed by atoms with Crippen LogP contribution in [-0.2, 0) is 0 Å². The van der Waals surface area contributed by atoms with Crippen LogP contribution >= 0.6 is 0 Å². The Morgan fingerprint density at radius 3 is 2.58 bits per heavy atom. The molecule has 1 aromatic carbocycles. The Bertz CT molecular complexity index is 227. The largest absolute Gasteiger partial charge is 0.314 e. The zero-order valence-electron chi connectivity index (χ0n) is 7.09. The number of piperazine rings is 1. The van der Waals surface area contributed by atoms with Crippen LogP contribution in [0.3, 0.4) is 0 Å². The van der Waals surface area contributed by atoms with Crippen molar-refractivity contribution in [2.45, 2.75) is 6.04 Å². The average Bonchev–Trinajstić information content (AvgIpc) is 2.21. The second-order valence-electron chi connectivity index (χ2n) is 3.12. The maximum Gasteiger partial charge on any atom is 0.0447 e. The molecule has 0 aliphatic carbocycles. The van der Waals surface area contributed by atoms with E-state index in [1.807, 2.05) is 0 Å². The fraction of sp³-hybridized carbons (Fsp3) is 0.400. The van der Waals surface area contributed by atoms with E-state index >= 15 is 0 Å². The summed E-state index contributed by atoms with van der Waals surface area (Å²) in [7, 11) is 0. The van der Waals surface area contributed by atoms with Crippen molar-refractivity contribution in [3.05, 3.63) is 35.9 Å². The van der Waals surface area contributed by atoms with E-state index in [0.717, 1.165) is 19.6 Å². The number of benzene rings is 1. The zero-order chi connectivity index (χ0) is 8.23. The van der Waals surface area contributed by atoms with Gasteiger partial charge >= 0.3 is 0 Å². The highest BCUT2D eigenvalue weighted by molar-refractivity contribution is 5.19. The molecule has 1 saturated heterocycles. The Balaban J connectivity index is 2.08. The molecule has 0 amide bonds. The number of nitrogens with one attached hydrogen (secondary N) is 2. The van der Waals surface area contributed by atoms with E-state index < -0.39 is 0 Å². The van der Waals surface area contributed by atoms with Gasteiger partial charge in [-0.15, -0.1) is 0 Å². The second kappa shape index (κ2) is 3.70. The van der Waals surface area contributed by atoms with Crippen molar-refractivity contribution in [2.24, 2.45) is 0 Å². The molecule has 0 radical (unpaired) electrons. The predicted molar refractivity (Wildman–Crippen MR) is 50.1 cm³/mol. The Labute approximate surface area is 73.0 Å². The van der Waals surface area contributed by atoms with E-state index in [1.54, 1.807) is 0 Å². The van der Waals surface area contributed by atoms with Crippen LogP contribution in [0.25, 0.3) is 0 Å². The molecule has 0 unspecified atom stereocenters. The van der Waals surface area contributed by atoms with Crippen LogP contribution < -0.4 is 10.6 Å². The van der Waals surface area contributed by atoms with Gasteiger partial charge in [-0.05, 0) is 5.56 Å². The van der Waals surface area contributed by atoms with Gasteiger partial charge in [0.2, 0.25) is 0 Å². The maximum atomic E-state index is 3.47. The van der Waals surface area contributed by atoms with Gasteiger partial charge in [0.1, 0.15) is 0 Å². The molecule has 1 aliphatic heterocycles. The van der Waals surface area contributed by atoms with Gasteiger partial charge in [-0.1, -0.05) is 30.3 Å². The molecule has 0 bridgehead atoms. The SMILES string of the molecule is c1ccc([C@@H]2CNCCN2)cc1. The van der Waals surface area contributed by atoms with Gasteiger partial charge in [-0.25, -0.2) is 0 Å². The van der Waals surface area contributed by atoms with Crippen molar-refractivity contribution in [2.75, 3.05) is 19.6 Å². The van der Waals surface area contributed by atoms with Crippen LogP contribution in [0.5, 0.6) is 0 Å². The second-order valence-corrected chi connectivity index (χ2v) is 3.12. The zero-order valence-corrected chi connectivity index (χ0v) is 7.09. The topological polar surface area (TPSA) is 24.1 Å². The van der Waals surface area contributed by atoms with Gasteiger partial charge in [0.25, 0.3) is 0 Å². The van der Waals surface area contributed by atoms with Crippen molar-refractivity contribution in [3.8, 4) is 0 Å². The summed E-state index contributed by atoms with van der Waals surface area (Å²) in [5.41, 5.74) is 1.38. The minimum atomic E-state index is 0.500. The first-order chi connectivity index (χ1) is 5.97. The average molecular weight is 162 g/mol. The lowest BCUT2D eigenvalue weighted by Gasteiger charge is -2.24. The molecular weight excluding hydrogens is 148 g/mol. The summed E-state index contributed by atoms with van der Waals surface area (Å²) in [5.74, 6) is 0. The Morgan fingerprint density at radius 1 is 1.08 bits per heavy atom. The lowest BCUT2D eigenvalue weighted by Crippen LogP contribution is -2.42. The highest BCUT2D eigenvalue weighted by Crippen LogP contribution is 2.12. The summed E-state index contributed by atoms with van der Waals surface area (Å²) in [4.78, 5) is 0. The summed E-state index contributed by atoms with van der Waals surface area (Å²) in [6.07, 6.45) is 0. The molecule has 64 valence electrons. The minimum absolute atomic E-state index is 0.500. The third-order valence-electron chi connectivity index (χ3n) is 2.24. The normalized spacial score (nSPS) is 23.8. The lowest BCUT2D eigenvalue weighted by molar-refractivity contribution is 0.430. The summed E-state index contributed by atoms with van der Waals surface area (Å²) in [6, 6.07) is 11.1. The summed E-state index contributed by atoms with van der Waals surface area (Å²) in [6.45, 7) is 3.20. The van der Waals surface area contributed by atoms with E-state index in [2.05, 4.69) is 41.0 Å². The van der Waals surface area contributed by atoms with Gasteiger partial charge in [0, 0.05) is 25.7 Å². The molecule has 2 rings (SSSR count). The molecule has 0 saturated carbocycles. The van der Waals surface area contributed by atoms with E-state index in [1.165, 1.54) is 5.56 Å². The molecule has 0 aromatic heterocycles. The van der Waals surface area contributed by atoms with Crippen LogP contribution in [0.2, 0.25) is 0 Å². The van der Waals surface area contributed by atoms with Crippen molar-refractivity contribution in [1.82, 2.24) is 10.6 Å². The quantitative estimate of drug-likeness (QED) is 0.641. The van der Waals surface area contributed by atoms with E-state index in [9.17, 15) is 0 Å². The highest BCUT2D eigenvalue weighted by Gasteiger charge is 2.12. The van der Waals surface area contributed by atoms with Gasteiger partial charge < -0.3 is 10.6 Å². The molecule has 0 spiro atoms. The molecule has 1 atom stereocenters. The van der Waals surface area contributed by atoms with Gasteiger partial charge in [0.15, 0.2) is 0 Å². The van der Waals surface area contributed by atoms with E-state index in [0.29, 0.717) is 6.04 Å². The summed E-state index contributed by atoms with van der Waals surface area (Å²) >= 11 is 0. The van der Waals surface area contributed by atoms with E-state index in [-0.39, 0.29) is 0 Å². The lowest BCUT2D eigenvalue weighted by atomic mass is 10.1. The first kappa shape index (κ1) is 7.77. The maximum absolute atomic E-state index is 3.47. The fourth-order valence-electron chi connectivity index (χ4n) is 1.57. The molecule has 1 fully saturated rings. The monoisotopic (exact) mass is 162 g/mol. The summed E-state index contributed by atoms with van der Waals surface area (Å²) < 4.78 is 0. The minimum Gasteiger partial charge on any atom is -0.314 e. The molecule has 2 heteroatoms. The summed E-state index contributed by atoms with van der Waals surface area (Å²) in [5, 5.41) is 6.84. The third kappa shape index (κ3) is 1.65. The molecule has 2 nitrogen and oxygen atoms in total. The van der Waals surface area contributed by atoms with Gasteiger partial charge in [0.05, 0.1) is 0 Å². The van der Waals surface area contributed by atoms with Crippen LogP contribution in [0, 0.1) is 0 Å². The molecule has 12 heavy (non-hydrogen) atoms. The molecule has 2 N–H and O–H groups in total. The van der Waals surface area contributed by atoms with Crippen molar-refractivity contribution >= 4 is 0 Å². The Kier molecular flexibility index (Phi) is 2.39. The molecule has 1 aliphatic rings. The Hall–Kier alpha value is -0.860. The van der Waals surface area contributed by atoms with Crippen LogP contribution in [0.4, 0.5) is 0 Å². The highest BCUT2D eigenvalue weighted by atomic mass is 15.0. The molecule has 1 aromatic rings. The predicted octanol–water partition coefficient (Wildman–Crippen LogP) is 0.920. The van der Waals surface area contributed by atoms with Crippen molar-refractivity contribution in [1.29, 1.82) is 0 Å². The first-order valence-electron chi connectivity index (χ1n) is 4.46. The van der Waals surface area contributed by atoms with Crippen LogP contribution in [-0.4, -0.2) is 19.6 Å². The van der Waals surface area contributed by atoms with Crippen LogP contribution in [0.15, 0.2) is 30.3 Å². The van der Waals surface area contributed by atoms with Crippen LogP contribution in [0.1, 0.15) is 11.6 Å².